The van der Waals surface area contributed by atoms with E-state index in [1.54, 1.807) is 28.4 Å². The maximum absolute atomic E-state index is 4.82. The summed E-state index contributed by atoms with van der Waals surface area (Å²) in [4.78, 5) is 0. The van der Waals surface area contributed by atoms with Crippen LogP contribution in [-0.4, -0.2) is 106 Å². The zero-order valence-corrected chi connectivity index (χ0v) is 57.1. The summed E-state index contributed by atoms with van der Waals surface area (Å²) in [6.07, 6.45) is 1.70. The molecule has 8 nitrogen and oxygen atoms in total. The summed E-state index contributed by atoms with van der Waals surface area (Å²) >= 11 is 0. The molecule has 0 aliphatic carbocycles. The Bertz CT molecular complexity index is 810. The Labute approximate surface area is 481 Å². The average molecular weight is 1090 g/mol. The predicted molar refractivity (Wildman–Crippen MR) is 351 cm³/mol. The van der Waals surface area contributed by atoms with Crippen molar-refractivity contribution in [2.24, 2.45) is 0 Å². The second-order valence-electron chi connectivity index (χ2n) is 10.3. The SMILES string of the molecule is CC.CC.CC.CC.CC.CC.CC.CC.CC.CC.CC.CC.CC.CC.COCC1CO1.COCC1CO1.COCC1CO1.COCC1CO1.c1ccccc1.c1ccccc1.c1ccccc1.c1ccccc1. The lowest BCUT2D eigenvalue weighted by atomic mass is 10.4. The molecule has 4 aliphatic heterocycles. The van der Waals surface area contributed by atoms with Crippen molar-refractivity contribution < 1.29 is 37.9 Å². The van der Waals surface area contributed by atoms with Gasteiger partial charge in [-0.2, -0.15) is 0 Å². The summed E-state index contributed by atoms with van der Waals surface area (Å²) in [5.41, 5.74) is 0. The number of hydrogen-bond acceptors (Lipinski definition) is 8. The van der Waals surface area contributed by atoms with Crippen LogP contribution in [0.4, 0.5) is 0 Å². The first-order chi connectivity index (χ1) is 37.7. The van der Waals surface area contributed by atoms with E-state index < -0.39 is 0 Å². The van der Waals surface area contributed by atoms with Gasteiger partial charge in [-0.25, -0.2) is 0 Å². The van der Waals surface area contributed by atoms with E-state index in [4.69, 9.17) is 37.9 Å². The van der Waals surface area contributed by atoms with E-state index >= 15 is 0 Å². The van der Waals surface area contributed by atoms with Gasteiger partial charge in [0.25, 0.3) is 0 Å². The number of ether oxygens (including phenoxy) is 8. The van der Waals surface area contributed by atoms with Crippen molar-refractivity contribution in [1.82, 2.24) is 0 Å². The lowest BCUT2D eigenvalue weighted by molar-refractivity contribution is 0.171. The molecule has 0 aromatic heterocycles. The molecule has 0 N–H and O–H groups in total. The summed E-state index contributed by atoms with van der Waals surface area (Å²) < 4.78 is 38.3. The number of methoxy groups -OCH3 is 4. The van der Waals surface area contributed by atoms with Crippen molar-refractivity contribution >= 4 is 0 Å². The first-order valence-corrected chi connectivity index (χ1v) is 30.2. The summed E-state index contributed by atoms with van der Waals surface area (Å²) in [5.74, 6) is 0. The maximum Gasteiger partial charge on any atom is 0.104 e. The Kier molecular flexibility index (Phi) is 215. The summed E-state index contributed by atoms with van der Waals surface area (Å²) in [5, 5.41) is 0. The van der Waals surface area contributed by atoms with Crippen LogP contribution in [0.15, 0.2) is 146 Å². The molecular formula is C68H140O8. The number of benzene rings is 4. The highest BCUT2D eigenvalue weighted by Crippen LogP contribution is 2.08. The van der Waals surface area contributed by atoms with Crippen molar-refractivity contribution in [2.75, 3.05) is 81.3 Å². The molecule has 0 amide bonds. The van der Waals surface area contributed by atoms with E-state index in [1.165, 1.54) is 0 Å². The van der Waals surface area contributed by atoms with E-state index in [9.17, 15) is 0 Å². The second kappa shape index (κ2) is 151. The van der Waals surface area contributed by atoms with Crippen LogP contribution in [0.5, 0.6) is 0 Å². The molecule has 0 spiro atoms. The predicted octanol–water partition coefficient (Wildman–Crippen LogP) is 21.2. The van der Waals surface area contributed by atoms with Crippen LogP contribution < -0.4 is 0 Å². The smallest absolute Gasteiger partial charge is 0.104 e. The van der Waals surface area contributed by atoms with Gasteiger partial charge in [-0.3, -0.25) is 0 Å². The third-order valence-electron chi connectivity index (χ3n) is 5.69. The summed E-state index contributed by atoms with van der Waals surface area (Å²) in [6, 6.07) is 48.0. The van der Waals surface area contributed by atoms with Crippen molar-refractivity contribution in [3.63, 3.8) is 0 Å². The summed E-state index contributed by atoms with van der Waals surface area (Å²) in [7, 11) is 6.73. The van der Waals surface area contributed by atoms with Crippen LogP contribution in [-0.2, 0) is 37.9 Å². The Morgan fingerprint density at radius 1 is 0.197 bits per heavy atom. The lowest BCUT2D eigenvalue weighted by Crippen LogP contribution is -1.94. The molecule has 8 heteroatoms. The van der Waals surface area contributed by atoms with Crippen LogP contribution in [0.2, 0.25) is 0 Å². The van der Waals surface area contributed by atoms with Crippen LogP contribution in [0, 0.1) is 0 Å². The van der Waals surface area contributed by atoms with Gasteiger partial charge >= 0.3 is 0 Å². The fraction of sp³-hybridized carbons (Fsp3) is 0.647. The number of hydrogen-bond donors (Lipinski definition) is 0. The molecule has 4 aromatic carbocycles. The van der Waals surface area contributed by atoms with Gasteiger partial charge in [-0.15, -0.1) is 0 Å². The van der Waals surface area contributed by atoms with E-state index in [0.717, 1.165) is 52.9 Å². The molecule has 8 rings (SSSR count). The van der Waals surface area contributed by atoms with E-state index in [-0.39, 0.29) is 0 Å². The zero-order valence-electron chi connectivity index (χ0n) is 57.1. The third-order valence-corrected chi connectivity index (χ3v) is 5.69. The van der Waals surface area contributed by atoms with Gasteiger partial charge in [0.2, 0.25) is 0 Å². The van der Waals surface area contributed by atoms with Gasteiger partial charge in [0, 0.05) is 28.4 Å². The standard InChI is InChI=1S/4C6H6.4C4H8O2.14C2H6/c4*1-2-4-6-5-3-1;4*1-5-2-4-3-6-4;14*1-2/h4*1-6H;4*4H,2-3H2,1H3;14*1-2H3. The lowest BCUT2D eigenvalue weighted by Gasteiger charge is -1.84. The van der Waals surface area contributed by atoms with Crippen LogP contribution in [0.25, 0.3) is 0 Å². The van der Waals surface area contributed by atoms with Crippen molar-refractivity contribution in [1.29, 1.82) is 0 Å². The molecule has 4 fully saturated rings. The molecule has 4 aliphatic rings. The minimum absolute atomic E-state index is 0.426. The van der Waals surface area contributed by atoms with E-state index in [1.807, 2.05) is 339 Å². The highest BCUT2D eigenvalue weighted by atomic mass is 16.6. The molecular weight excluding hydrogens is 945 g/mol. The topological polar surface area (TPSA) is 87.0 Å². The highest BCUT2D eigenvalue weighted by molar-refractivity contribution is 5.01. The van der Waals surface area contributed by atoms with Crippen LogP contribution >= 0.6 is 0 Å². The third kappa shape index (κ3) is 172. The molecule has 0 saturated carbocycles. The Hall–Kier alpha value is -3.44. The zero-order chi connectivity index (χ0) is 62.6. The van der Waals surface area contributed by atoms with Gasteiger partial charge in [-0.05, 0) is 0 Å². The van der Waals surface area contributed by atoms with Crippen molar-refractivity contribution in [3.05, 3.63) is 146 Å². The van der Waals surface area contributed by atoms with Gasteiger partial charge in [0.1, 0.15) is 24.4 Å². The van der Waals surface area contributed by atoms with Crippen LogP contribution in [0.1, 0.15) is 194 Å². The van der Waals surface area contributed by atoms with Gasteiger partial charge in [0.05, 0.1) is 52.9 Å². The number of rotatable bonds is 8. The number of epoxide rings is 4. The first kappa shape index (κ1) is 108. The molecule has 76 heavy (non-hydrogen) atoms. The minimum atomic E-state index is 0.426. The quantitative estimate of drug-likeness (QED) is 0.161. The molecule has 4 unspecified atom stereocenters. The molecule has 4 saturated heterocycles. The van der Waals surface area contributed by atoms with E-state index in [2.05, 4.69) is 0 Å². The molecule has 4 atom stereocenters. The monoisotopic (exact) mass is 1090 g/mol. The fourth-order valence-electron chi connectivity index (χ4n) is 2.94. The van der Waals surface area contributed by atoms with Gasteiger partial charge < -0.3 is 37.9 Å². The molecule has 4 aromatic rings. The van der Waals surface area contributed by atoms with Gasteiger partial charge in [-0.1, -0.05) is 339 Å². The maximum atomic E-state index is 4.82. The summed E-state index contributed by atoms with van der Waals surface area (Å²) in [6.45, 7) is 62.6. The van der Waals surface area contributed by atoms with Gasteiger partial charge in [0.15, 0.2) is 0 Å². The molecule has 0 bridgehead atoms. The Balaban J connectivity index is -0.0000000452. The largest absolute Gasteiger partial charge is 0.382 e. The normalized spacial score (nSPS) is 13.3. The fourth-order valence-corrected chi connectivity index (χ4v) is 2.94. The van der Waals surface area contributed by atoms with E-state index in [0.29, 0.717) is 24.4 Å². The Morgan fingerprint density at radius 2 is 0.263 bits per heavy atom. The Morgan fingerprint density at radius 3 is 0.289 bits per heavy atom. The molecule has 460 valence electrons. The second-order valence-corrected chi connectivity index (χ2v) is 10.3. The molecule has 4 heterocycles. The van der Waals surface area contributed by atoms with Crippen molar-refractivity contribution in [3.8, 4) is 0 Å². The highest BCUT2D eigenvalue weighted by Gasteiger charge is 2.22. The molecule has 0 radical (unpaired) electrons. The minimum Gasteiger partial charge on any atom is -0.382 e. The first-order valence-electron chi connectivity index (χ1n) is 30.2. The average Bonchev–Trinajstić information content (AvgIpc) is 4.28. The van der Waals surface area contributed by atoms with Crippen molar-refractivity contribution in [2.45, 2.75) is 218 Å². The van der Waals surface area contributed by atoms with Crippen LogP contribution in [0.3, 0.4) is 0 Å².